The summed E-state index contributed by atoms with van der Waals surface area (Å²) in [5, 5.41) is 9.46. The maximum Gasteiger partial charge on any atom is 0.329 e. The molecule has 3 aromatic rings. The van der Waals surface area contributed by atoms with Gasteiger partial charge in [-0.2, -0.15) is 5.10 Å². The molecule has 0 saturated carbocycles. The van der Waals surface area contributed by atoms with Gasteiger partial charge in [-0.1, -0.05) is 48.4 Å². The number of nitrogens with zero attached hydrogens (tertiary/aromatic N) is 1. The van der Waals surface area contributed by atoms with Gasteiger partial charge in [0.05, 0.1) is 6.21 Å². The monoisotopic (exact) mass is 492 g/mol. The van der Waals surface area contributed by atoms with Crippen LogP contribution in [0.5, 0.6) is 5.75 Å². The van der Waals surface area contributed by atoms with E-state index in [4.69, 9.17) is 16.3 Å². The molecular weight excluding hydrogens is 468 g/mol. The number of halogens is 1. The minimum atomic E-state index is -0.945. The first-order valence-electron chi connectivity index (χ1n) is 10.9. The summed E-state index contributed by atoms with van der Waals surface area (Å²) in [6, 6.07) is 19.3. The SMILES string of the molecule is CCc1ccc(NC(=O)COc2ccc(Cl)cc2/C=N\NC(=O)C(=O)Nc2ccc(C)cc2)cc1. The van der Waals surface area contributed by atoms with Crippen LogP contribution in [0.4, 0.5) is 11.4 Å². The first-order chi connectivity index (χ1) is 16.8. The van der Waals surface area contributed by atoms with Crippen LogP contribution in [0.25, 0.3) is 0 Å². The van der Waals surface area contributed by atoms with Crippen molar-refractivity contribution in [2.75, 3.05) is 17.2 Å². The summed E-state index contributed by atoms with van der Waals surface area (Å²) in [6.07, 6.45) is 2.19. The number of hydrazone groups is 1. The van der Waals surface area contributed by atoms with Gasteiger partial charge in [0.15, 0.2) is 6.61 Å². The van der Waals surface area contributed by atoms with Crippen molar-refractivity contribution in [2.24, 2.45) is 5.10 Å². The number of aryl methyl sites for hydroxylation is 2. The Hall–Kier alpha value is -4.17. The molecular formula is C26H25ClN4O4. The number of hydrogen-bond donors (Lipinski definition) is 3. The molecule has 9 heteroatoms. The molecule has 3 rings (SSSR count). The zero-order valence-corrected chi connectivity index (χ0v) is 20.1. The lowest BCUT2D eigenvalue weighted by atomic mass is 10.1. The Balaban J connectivity index is 1.55. The summed E-state index contributed by atoms with van der Waals surface area (Å²) >= 11 is 6.06. The molecule has 0 radical (unpaired) electrons. The smallest absolute Gasteiger partial charge is 0.329 e. The lowest BCUT2D eigenvalue weighted by Crippen LogP contribution is -2.32. The molecule has 0 aliphatic heterocycles. The second-order valence-corrected chi connectivity index (χ2v) is 8.03. The van der Waals surface area contributed by atoms with Gasteiger partial charge in [-0.25, -0.2) is 5.43 Å². The number of carbonyl (C=O) groups is 3. The maximum absolute atomic E-state index is 12.3. The van der Waals surface area contributed by atoms with Crippen molar-refractivity contribution in [3.63, 3.8) is 0 Å². The fourth-order valence-corrected chi connectivity index (χ4v) is 3.13. The van der Waals surface area contributed by atoms with Crippen molar-refractivity contribution >= 4 is 46.9 Å². The Labute approximate surface area is 208 Å². The van der Waals surface area contributed by atoms with Crippen molar-refractivity contribution in [3.05, 3.63) is 88.4 Å². The van der Waals surface area contributed by atoms with Crippen LogP contribution < -0.4 is 20.8 Å². The average molecular weight is 493 g/mol. The number of ether oxygens (including phenoxy) is 1. The van der Waals surface area contributed by atoms with Gasteiger partial charge in [-0.15, -0.1) is 0 Å². The third-order valence-electron chi connectivity index (χ3n) is 4.86. The molecule has 35 heavy (non-hydrogen) atoms. The summed E-state index contributed by atoms with van der Waals surface area (Å²) in [6.45, 7) is 3.72. The second-order valence-electron chi connectivity index (χ2n) is 7.59. The summed E-state index contributed by atoms with van der Waals surface area (Å²) in [5.74, 6) is -1.82. The molecule has 3 aromatic carbocycles. The van der Waals surface area contributed by atoms with E-state index in [0.717, 1.165) is 12.0 Å². The van der Waals surface area contributed by atoms with Crippen molar-refractivity contribution in [1.29, 1.82) is 0 Å². The molecule has 0 unspecified atom stereocenters. The molecule has 8 nitrogen and oxygen atoms in total. The van der Waals surface area contributed by atoms with Crippen LogP contribution in [0.1, 0.15) is 23.6 Å². The first kappa shape index (κ1) is 25.5. The molecule has 0 aliphatic carbocycles. The Morgan fingerprint density at radius 1 is 0.914 bits per heavy atom. The van der Waals surface area contributed by atoms with Crippen molar-refractivity contribution in [3.8, 4) is 5.75 Å². The van der Waals surface area contributed by atoms with E-state index >= 15 is 0 Å². The highest BCUT2D eigenvalue weighted by Gasteiger charge is 2.13. The van der Waals surface area contributed by atoms with E-state index in [2.05, 4.69) is 28.1 Å². The van der Waals surface area contributed by atoms with E-state index < -0.39 is 11.8 Å². The molecule has 3 N–H and O–H groups in total. The Bertz CT molecular complexity index is 1230. The minimum Gasteiger partial charge on any atom is -0.483 e. The normalized spacial score (nSPS) is 10.6. The highest BCUT2D eigenvalue weighted by atomic mass is 35.5. The van der Waals surface area contributed by atoms with Crippen molar-refractivity contribution < 1.29 is 19.1 Å². The zero-order chi connectivity index (χ0) is 25.2. The molecule has 0 aromatic heterocycles. The standard InChI is InChI=1S/C26H25ClN4O4/c1-3-18-6-11-21(12-7-18)29-24(32)16-35-23-13-8-20(27)14-19(23)15-28-31-26(34)25(33)30-22-9-4-17(2)5-10-22/h4-15H,3,16H2,1-2H3,(H,29,32)(H,30,33)(H,31,34)/b28-15-. The van der Waals surface area contributed by atoms with Crippen molar-refractivity contribution in [1.82, 2.24) is 5.43 Å². The third-order valence-corrected chi connectivity index (χ3v) is 5.10. The topological polar surface area (TPSA) is 109 Å². The second kappa shape index (κ2) is 12.3. The zero-order valence-electron chi connectivity index (χ0n) is 19.3. The number of carbonyl (C=O) groups excluding carboxylic acids is 3. The number of nitrogens with one attached hydrogen (secondary N) is 3. The molecule has 0 saturated heterocycles. The predicted molar refractivity (Wildman–Crippen MR) is 137 cm³/mol. The van der Waals surface area contributed by atoms with Crippen LogP contribution in [0.3, 0.4) is 0 Å². The Morgan fingerprint density at radius 3 is 2.26 bits per heavy atom. The third kappa shape index (κ3) is 7.97. The number of amides is 3. The van der Waals surface area contributed by atoms with Gasteiger partial charge < -0.3 is 15.4 Å². The summed E-state index contributed by atoms with van der Waals surface area (Å²) in [4.78, 5) is 36.3. The van der Waals surface area contributed by atoms with E-state index in [1.165, 1.54) is 11.8 Å². The van der Waals surface area contributed by atoms with Crippen LogP contribution in [-0.2, 0) is 20.8 Å². The lowest BCUT2D eigenvalue weighted by molar-refractivity contribution is -0.136. The molecule has 0 atom stereocenters. The van der Waals surface area contributed by atoms with Gasteiger partial charge in [-0.3, -0.25) is 14.4 Å². The first-order valence-corrected chi connectivity index (χ1v) is 11.2. The van der Waals surface area contributed by atoms with Gasteiger partial charge >= 0.3 is 11.8 Å². The lowest BCUT2D eigenvalue weighted by Gasteiger charge is -2.10. The number of benzene rings is 3. The summed E-state index contributed by atoms with van der Waals surface area (Å²) in [7, 11) is 0. The quantitative estimate of drug-likeness (QED) is 0.247. The van der Waals surface area contributed by atoms with E-state index in [1.807, 2.05) is 43.3 Å². The highest BCUT2D eigenvalue weighted by molar-refractivity contribution is 6.39. The summed E-state index contributed by atoms with van der Waals surface area (Å²) in [5.41, 5.74) is 5.93. The van der Waals surface area contributed by atoms with E-state index in [0.29, 0.717) is 27.7 Å². The number of rotatable bonds is 8. The van der Waals surface area contributed by atoms with Gasteiger partial charge in [-0.05, 0) is 61.4 Å². The molecule has 0 heterocycles. The van der Waals surface area contributed by atoms with Gasteiger partial charge in [0, 0.05) is 22.0 Å². The largest absolute Gasteiger partial charge is 0.483 e. The molecule has 0 spiro atoms. The summed E-state index contributed by atoms with van der Waals surface area (Å²) < 4.78 is 5.61. The number of hydrogen-bond acceptors (Lipinski definition) is 5. The van der Waals surface area contributed by atoms with Crippen LogP contribution in [-0.4, -0.2) is 30.5 Å². The minimum absolute atomic E-state index is 0.247. The van der Waals surface area contributed by atoms with Crippen LogP contribution >= 0.6 is 11.6 Å². The van der Waals surface area contributed by atoms with Gasteiger partial charge in [0.2, 0.25) is 0 Å². The maximum atomic E-state index is 12.3. The van der Waals surface area contributed by atoms with Crippen LogP contribution in [0, 0.1) is 6.92 Å². The fourth-order valence-electron chi connectivity index (χ4n) is 2.95. The predicted octanol–water partition coefficient (Wildman–Crippen LogP) is 4.32. The van der Waals surface area contributed by atoms with Gasteiger partial charge in [0.1, 0.15) is 5.75 Å². The molecule has 0 bridgehead atoms. The molecule has 180 valence electrons. The van der Waals surface area contributed by atoms with E-state index in [9.17, 15) is 14.4 Å². The Morgan fingerprint density at radius 2 is 1.57 bits per heavy atom. The van der Waals surface area contributed by atoms with Crippen LogP contribution in [0.15, 0.2) is 71.8 Å². The highest BCUT2D eigenvalue weighted by Crippen LogP contribution is 2.21. The fraction of sp³-hybridized carbons (Fsp3) is 0.154. The van der Waals surface area contributed by atoms with E-state index in [-0.39, 0.29) is 12.5 Å². The van der Waals surface area contributed by atoms with Crippen molar-refractivity contribution in [2.45, 2.75) is 20.3 Å². The van der Waals surface area contributed by atoms with Crippen LogP contribution in [0.2, 0.25) is 5.02 Å². The Kier molecular flexibility index (Phi) is 8.97. The number of anilines is 2. The molecule has 3 amide bonds. The van der Waals surface area contributed by atoms with E-state index in [1.54, 1.807) is 30.3 Å². The van der Waals surface area contributed by atoms with Gasteiger partial charge in [0.25, 0.3) is 5.91 Å². The molecule has 0 aliphatic rings. The molecule has 0 fully saturated rings. The average Bonchev–Trinajstić information content (AvgIpc) is 2.85.